The Balaban J connectivity index is 2.12. The van der Waals surface area contributed by atoms with Gasteiger partial charge in [-0.05, 0) is 36.8 Å². The van der Waals surface area contributed by atoms with Crippen molar-refractivity contribution in [1.29, 1.82) is 0 Å². The highest BCUT2D eigenvalue weighted by molar-refractivity contribution is 6.32. The van der Waals surface area contributed by atoms with E-state index in [4.69, 9.17) is 27.9 Å². The number of ether oxygens (including phenoxy) is 1. The van der Waals surface area contributed by atoms with Gasteiger partial charge in [0.1, 0.15) is 11.3 Å². The molecule has 0 fully saturated rings. The van der Waals surface area contributed by atoms with Crippen LogP contribution in [0.5, 0.6) is 0 Å². The maximum atomic E-state index is 12.3. The maximum Gasteiger partial charge on any atom is 0.254 e. The number of pyridine rings is 1. The van der Waals surface area contributed by atoms with Crippen LogP contribution in [0.3, 0.4) is 0 Å². The Hall–Kier alpha value is -1.62. The summed E-state index contributed by atoms with van der Waals surface area (Å²) in [6, 6.07) is 10.4. The van der Waals surface area contributed by atoms with Crippen molar-refractivity contribution in [2.45, 2.75) is 19.1 Å². The van der Waals surface area contributed by atoms with Crippen molar-refractivity contribution in [3.05, 3.63) is 63.9 Å². The molecule has 22 heavy (non-hydrogen) atoms. The minimum atomic E-state index is -0.295. The molecule has 2 aromatic rings. The molecule has 0 aliphatic rings. The number of carbonyl (C=O) groups is 1. The van der Waals surface area contributed by atoms with Crippen LogP contribution in [0.2, 0.25) is 10.2 Å². The first-order valence-electron chi connectivity index (χ1n) is 6.72. The fourth-order valence-corrected chi connectivity index (χ4v) is 2.53. The van der Waals surface area contributed by atoms with E-state index in [1.165, 1.54) is 6.20 Å². The molecule has 2 atom stereocenters. The molecule has 1 N–H and O–H groups in total. The van der Waals surface area contributed by atoms with E-state index in [1.54, 1.807) is 31.4 Å². The molecule has 1 aromatic heterocycles. The molecule has 116 valence electrons. The van der Waals surface area contributed by atoms with Gasteiger partial charge in [-0.25, -0.2) is 4.98 Å². The van der Waals surface area contributed by atoms with Gasteiger partial charge < -0.3 is 10.1 Å². The zero-order valence-corrected chi connectivity index (χ0v) is 13.7. The summed E-state index contributed by atoms with van der Waals surface area (Å²) >= 11 is 11.8. The lowest BCUT2D eigenvalue weighted by Crippen LogP contribution is -2.38. The van der Waals surface area contributed by atoms with Gasteiger partial charge in [0, 0.05) is 18.3 Å². The van der Waals surface area contributed by atoms with Gasteiger partial charge in [0.15, 0.2) is 0 Å². The lowest BCUT2D eigenvalue weighted by Gasteiger charge is -2.24. The van der Waals surface area contributed by atoms with E-state index >= 15 is 0 Å². The summed E-state index contributed by atoms with van der Waals surface area (Å²) in [4.78, 5) is 16.2. The highest BCUT2D eigenvalue weighted by Crippen LogP contribution is 2.23. The number of hydrogen-bond acceptors (Lipinski definition) is 3. The van der Waals surface area contributed by atoms with Gasteiger partial charge in [-0.3, -0.25) is 4.79 Å². The summed E-state index contributed by atoms with van der Waals surface area (Å²) in [5.74, 6) is -0.290. The number of amides is 1. The summed E-state index contributed by atoms with van der Waals surface area (Å²) in [6.45, 7) is 1.87. The number of benzene rings is 1. The van der Waals surface area contributed by atoms with E-state index in [0.29, 0.717) is 10.6 Å². The third-order valence-corrected chi connectivity index (χ3v) is 3.82. The molecule has 0 aliphatic carbocycles. The van der Waals surface area contributed by atoms with Gasteiger partial charge in [-0.15, -0.1) is 0 Å². The predicted molar refractivity (Wildman–Crippen MR) is 87.4 cm³/mol. The van der Waals surface area contributed by atoms with Gasteiger partial charge in [-0.1, -0.05) is 35.3 Å². The Bertz CT molecular complexity index is 647. The van der Waals surface area contributed by atoms with Crippen LogP contribution in [-0.2, 0) is 4.74 Å². The summed E-state index contributed by atoms with van der Waals surface area (Å²) in [6.07, 6.45) is 1.24. The van der Waals surface area contributed by atoms with Gasteiger partial charge in [0.2, 0.25) is 0 Å². The molecular formula is C16H16Cl2N2O2. The standard InChI is InChI=1S/C16H16Cl2N2O2/c1-10(14(22-2)11-5-7-12(17)8-6-11)20-16(21)13-4-3-9-19-15(13)18/h3-10,14H,1-2H3,(H,20,21)/t10-,14-/m1/s1. The van der Waals surface area contributed by atoms with Crippen LogP contribution in [0.1, 0.15) is 28.9 Å². The number of nitrogens with one attached hydrogen (secondary N) is 1. The summed E-state index contributed by atoms with van der Waals surface area (Å²) in [5.41, 5.74) is 1.26. The number of halogens is 2. The predicted octanol–water partition coefficient (Wildman–Crippen LogP) is 3.89. The van der Waals surface area contributed by atoms with Crippen molar-refractivity contribution in [2.24, 2.45) is 0 Å². The Kier molecular flexibility index (Phi) is 5.77. The van der Waals surface area contributed by atoms with Crippen molar-refractivity contribution < 1.29 is 9.53 Å². The molecule has 0 saturated heterocycles. The van der Waals surface area contributed by atoms with Crippen molar-refractivity contribution in [3.8, 4) is 0 Å². The normalized spacial score (nSPS) is 13.5. The van der Waals surface area contributed by atoms with Crippen molar-refractivity contribution >= 4 is 29.1 Å². The van der Waals surface area contributed by atoms with Gasteiger partial charge >= 0.3 is 0 Å². The van der Waals surface area contributed by atoms with E-state index in [-0.39, 0.29) is 23.2 Å². The van der Waals surface area contributed by atoms with Crippen LogP contribution in [0.15, 0.2) is 42.6 Å². The van der Waals surface area contributed by atoms with Gasteiger partial charge in [0.25, 0.3) is 5.91 Å². The zero-order chi connectivity index (χ0) is 16.1. The molecule has 0 aliphatic heterocycles. The molecule has 0 unspecified atom stereocenters. The second-order valence-corrected chi connectivity index (χ2v) is 5.61. The van der Waals surface area contributed by atoms with Crippen LogP contribution >= 0.6 is 23.2 Å². The number of aromatic nitrogens is 1. The molecule has 0 radical (unpaired) electrons. The van der Waals surface area contributed by atoms with Crippen LogP contribution in [0.25, 0.3) is 0 Å². The summed E-state index contributed by atoms with van der Waals surface area (Å²) < 4.78 is 5.50. The monoisotopic (exact) mass is 338 g/mol. The van der Waals surface area contributed by atoms with Crippen LogP contribution in [-0.4, -0.2) is 24.0 Å². The summed E-state index contributed by atoms with van der Waals surface area (Å²) in [7, 11) is 1.60. The number of methoxy groups -OCH3 is 1. The molecule has 1 amide bonds. The first-order valence-corrected chi connectivity index (χ1v) is 7.48. The quantitative estimate of drug-likeness (QED) is 0.841. The molecule has 0 spiro atoms. The highest BCUT2D eigenvalue weighted by Gasteiger charge is 2.22. The molecule has 6 heteroatoms. The third kappa shape index (κ3) is 3.97. The second kappa shape index (κ2) is 7.58. The SMILES string of the molecule is CO[C@@H](c1ccc(Cl)cc1)[C@@H](C)NC(=O)c1cccnc1Cl. The number of hydrogen-bond donors (Lipinski definition) is 1. The smallest absolute Gasteiger partial charge is 0.254 e. The van der Waals surface area contributed by atoms with E-state index in [0.717, 1.165) is 5.56 Å². The molecule has 2 rings (SSSR count). The molecule has 1 aromatic carbocycles. The molecule has 0 saturated carbocycles. The van der Waals surface area contributed by atoms with Crippen molar-refractivity contribution in [2.75, 3.05) is 7.11 Å². The number of carbonyl (C=O) groups excluding carboxylic acids is 1. The fourth-order valence-electron chi connectivity index (χ4n) is 2.20. The lowest BCUT2D eigenvalue weighted by molar-refractivity contribution is 0.0645. The minimum absolute atomic E-state index is 0.174. The maximum absolute atomic E-state index is 12.3. The van der Waals surface area contributed by atoms with E-state index in [2.05, 4.69) is 10.3 Å². The average Bonchev–Trinajstić information content (AvgIpc) is 2.50. The largest absolute Gasteiger partial charge is 0.375 e. The first-order chi connectivity index (χ1) is 10.5. The molecule has 1 heterocycles. The molecule has 4 nitrogen and oxygen atoms in total. The van der Waals surface area contributed by atoms with Crippen molar-refractivity contribution in [1.82, 2.24) is 10.3 Å². The average molecular weight is 339 g/mol. The van der Waals surface area contributed by atoms with E-state index in [9.17, 15) is 4.79 Å². The summed E-state index contributed by atoms with van der Waals surface area (Å²) in [5, 5.41) is 3.70. The fraction of sp³-hybridized carbons (Fsp3) is 0.250. The Morgan fingerprint density at radius 3 is 2.50 bits per heavy atom. The number of rotatable bonds is 5. The van der Waals surface area contributed by atoms with Crippen LogP contribution in [0.4, 0.5) is 0 Å². The van der Waals surface area contributed by atoms with E-state index in [1.807, 2.05) is 19.1 Å². The van der Waals surface area contributed by atoms with Crippen molar-refractivity contribution in [3.63, 3.8) is 0 Å². The molecule has 0 bridgehead atoms. The van der Waals surface area contributed by atoms with Gasteiger partial charge in [-0.2, -0.15) is 0 Å². The number of nitrogens with zero attached hydrogens (tertiary/aromatic N) is 1. The van der Waals surface area contributed by atoms with Gasteiger partial charge in [0.05, 0.1) is 11.6 Å². The highest BCUT2D eigenvalue weighted by atomic mass is 35.5. The Morgan fingerprint density at radius 1 is 1.23 bits per heavy atom. The first kappa shape index (κ1) is 16.7. The van der Waals surface area contributed by atoms with Crippen LogP contribution in [0, 0.1) is 0 Å². The van der Waals surface area contributed by atoms with Crippen LogP contribution < -0.4 is 5.32 Å². The lowest BCUT2D eigenvalue weighted by atomic mass is 10.0. The Morgan fingerprint density at radius 2 is 1.91 bits per heavy atom. The zero-order valence-electron chi connectivity index (χ0n) is 12.2. The Labute approximate surface area is 139 Å². The third-order valence-electron chi connectivity index (χ3n) is 3.27. The molecular weight excluding hydrogens is 323 g/mol. The topological polar surface area (TPSA) is 51.2 Å². The second-order valence-electron chi connectivity index (χ2n) is 4.81. The minimum Gasteiger partial charge on any atom is -0.375 e. The van der Waals surface area contributed by atoms with E-state index < -0.39 is 0 Å².